The van der Waals surface area contributed by atoms with Gasteiger partial charge in [0.25, 0.3) is 0 Å². The molecule has 1 saturated carbocycles. The molecule has 0 saturated heterocycles. The van der Waals surface area contributed by atoms with Crippen LogP contribution in [-0.4, -0.2) is 34.6 Å². The van der Waals surface area contributed by atoms with Crippen molar-refractivity contribution in [3.63, 3.8) is 0 Å². The summed E-state index contributed by atoms with van der Waals surface area (Å²) in [5.74, 6) is -1.07. The average molecular weight is 310 g/mol. The lowest BCUT2D eigenvalue weighted by Crippen LogP contribution is -2.46. The Morgan fingerprint density at radius 1 is 1.48 bits per heavy atom. The maximum absolute atomic E-state index is 12.3. The van der Waals surface area contributed by atoms with Crippen LogP contribution < -0.4 is 5.32 Å². The number of carbonyl (C=O) groups is 2. The van der Waals surface area contributed by atoms with Crippen molar-refractivity contribution in [1.82, 2.24) is 10.2 Å². The quantitative estimate of drug-likeness (QED) is 0.878. The number of aliphatic carboxylic acids is 1. The van der Waals surface area contributed by atoms with E-state index in [1.807, 2.05) is 24.4 Å². The maximum Gasteiger partial charge on any atom is 0.317 e. The number of carboxylic acid groups (broad SMARTS) is 1. The van der Waals surface area contributed by atoms with Crippen molar-refractivity contribution >= 4 is 23.3 Å². The molecule has 6 heteroatoms. The molecule has 2 unspecified atom stereocenters. The molecular weight excluding hydrogens is 288 g/mol. The van der Waals surface area contributed by atoms with E-state index in [9.17, 15) is 9.59 Å². The van der Waals surface area contributed by atoms with Gasteiger partial charge in [-0.1, -0.05) is 12.5 Å². The zero-order valence-corrected chi connectivity index (χ0v) is 13.1. The van der Waals surface area contributed by atoms with Crippen molar-refractivity contribution in [1.29, 1.82) is 0 Å². The van der Waals surface area contributed by atoms with Crippen LogP contribution in [0.3, 0.4) is 0 Å². The fourth-order valence-electron chi connectivity index (χ4n) is 2.73. The summed E-state index contributed by atoms with van der Waals surface area (Å²) in [5.41, 5.74) is 0. The first-order valence-corrected chi connectivity index (χ1v) is 8.28. The minimum atomic E-state index is -0.750. The van der Waals surface area contributed by atoms with Crippen LogP contribution in [0, 0.1) is 5.92 Å². The number of amides is 2. The molecule has 0 spiro atoms. The monoisotopic (exact) mass is 310 g/mol. The molecule has 1 fully saturated rings. The highest BCUT2D eigenvalue weighted by Gasteiger charge is 2.28. The number of thiophene rings is 1. The molecule has 0 aliphatic heterocycles. The topological polar surface area (TPSA) is 69.6 Å². The van der Waals surface area contributed by atoms with Crippen LogP contribution in [0.1, 0.15) is 37.5 Å². The number of rotatable bonds is 5. The second-order valence-corrected chi connectivity index (χ2v) is 6.47. The smallest absolute Gasteiger partial charge is 0.317 e. The molecule has 2 amide bonds. The Balaban J connectivity index is 1.88. The number of carboxylic acids is 1. The van der Waals surface area contributed by atoms with Crippen molar-refractivity contribution in [3.8, 4) is 0 Å². The second-order valence-electron chi connectivity index (χ2n) is 5.44. The lowest BCUT2D eigenvalue weighted by molar-refractivity contribution is -0.143. The van der Waals surface area contributed by atoms with E-state index in [0.29, 0.717) is 25.9 Å². The molecule has 2 atom stereocenters. The van der Waals surface area contributed by atoms with Crippen LogP contribution in [0.2, 0.25) is 0 Å². The van der Waals surface area contributed by atoms with Gasteiger partial charge in [-0.15, -0.1) is 11.3 Å². The number of nitrogens with zero attached hydrogens (tertiary/aromatic N) is 1. The molecule has 1 aliphatic carbocycles. The molecule has 21 heavy (non-hydrogen) atoms. The van der Waals surface area contributed by atoms with Crippen LogP contribution in [0.15, 0.2) is 17.5 Å². The van der Waals surface area contributed by atoms with Crippen LogP contribution in [0.5, 0.6) is 0 Å². The highest BCUT2D eigenvalue weighted by Crippen LogP contribution is 2.24. The van der Waals surface area contributed by atoms with Gasteiger partial charge in [0.05, 0.1) is 12.5 Å². The second kappa shape index (κ2) is 7.45. The Kier molecular flexibility index (Phi) is 5.61. The molecule has 1 aromatic heterocycles. The molecule has 2 rings (SSSR count). The van der Waals surface area contributed by atoms with E-state index >= 15 is 0 Å². The van der Waals surface area contributed by atoms with Crippen molar-refractivity contribution < 1.29 is 14.7 Å². The third-order valence-corrected chi connectivity index (χ3v) is 4.81. The SMILES string of the molecule is CCN(Cc1cccs1)C(=O)NC1CCCC(C(=O)O)C1. The fourth-order valence-corrected chi connectivity index (χ4v) is 3.45. The van der Waals surface area contributed by atoms with Crippen molar-refractivity contribution in [2.75, 3.05) is 6.54 Å². The fraction of sp³-hybridized carbons (Fsp3) is 0.600. The van der Waals surface area contributed by atoms with Crippen molar-refractivity contribution in [2.24, 2.45) is 5.92 Å². The molecule has 1 heterocycles. The molecular formula is C15H22N2O3S. The minimum absolute atomic E-state index is 0.0234. The summed E-state index contributed by atoms with van der Waals surface area (Å²) < 4.78 is 0. The van der Waals surface area contributed by atoms with Gasteiger partial charge >= 0.3 is 12.0 Å². The molecule has 1 aromatic rings. The van der Waals surface area contributed by atoms with E-state index in [1.165, 1.54) is 0 Å². The summed E-state index contributed by atoms with van der Waals surface area (Å²) in [6.07, 6.45) is 2.98. The predicted octanol–water partition coefficient (Wildman–Crippen LogP) is 2.92. The number of hydrogen-bond acceptors (Lipinski definition) is 3. The van der Waals surface area contributed by atoms with Gasteiger partial charge in [-0.05, 0) is 37.6 Å². The van der Waals surface area contributed by atoms with Crippen molar-refractivity contribution in [2.45, 2.75) is 45.2 Å². The standard InChI is InChI=1S/C15H22N2O3S/c1-2-17(10-13-7-4-8-21-13)15(20)16-12-6-3-5-11(9-12)14(18)19/h4,7-8,11-12H,2-3,5-6,9-10H2,1H3,(H,16,20)(H,18,19). The molecule has 0 aromatic carbocycles. The van der Waals surface area contributed by atoms with E-state index in [0.717, 1.165) is 17.7 Å². The highest BCUT2D eigenvalue weighted by atomic mass is 32.1. The molecule has 1 aliphatic rings. The first kappa shape index (κ1) is 15.8. The molecule has 5 nitrogen and oxygen atoms in total. The maximum atomic E-state index is 12.3. The van der Waals surface area contributed by atoms with E-state index < -0.39 is 5.97 Å². The Morgan fingerprint density at radius 3 is 2.90 bits per heavy atom. The predicted molar refractivity (Wildman–Crippen MR) is 82.3 cm³/mol. The van der Waals surface area contributed by atoms with E-state index in [4.69, 9.17) is 5.11 Å². The number of carbonyl (C=O) groups excluding carboxylic acids is 1. The van der Waals surface area contributed by atoms with Gasteiger partial charge in [-0.2, -0.15) is 0 Å². The molecule has 0 bridgehead atoms. The van der Waals surface area contributed by atoms with E-state index in [1.54, 1.807) is 16.2 Å². The summed E-state index contributed by atoms with van der Waals surface area (Å²) in [6, 6.07) is 3.87. The van der Waals surface area contributed by atoms with Gasteiger partial charge in [0, 0.05) is 17.5 Å². The third-order valence-electron chi connectivity index (χ3n) is 3.95. The Bertz CT molecular complexity index is 475. The number of nitrogens with one attached hydrogen (secondary N) is 1. The molecule has 116 valence electrons. The first-order valence-electron chi connectivity index (χ1n) is 7.40. The van der Waals surface area contributed by atoms with E-state index in [-0.39, 0.29) is 18.0 Å². The van der Waals surface area contributed by atoms with Gasteiger partial charge in [-0.25, -0.2) is 4.79 Å². The summed E-state index contributed by atoms with van der Waals surface area (Å²) >= 11 is 1.64. The van der Waals surface area contributed by atoms with Crippen molar-refractivity contribution in [3.05, 3.63) is 22.4 Å². The third kappa shape index (κ3) is 4.46. The van der Waals surface area contributed by atoms with Gasteiger partial charge < -0.3 is 15.3 Å². The minimum Gasteiger partial charge on any atom is -0.481 e. The number of urea groups is 1. The summed E-state index contributed by atoms with van der Waals surface area (Å²) in [5, 5.41) is 14.1. The van der Waals surface area contributed by atoms with Crippen LogP contribution in [-0.2, 0) is 11.3 Å². The lowest BCUT2D eigenvalue weighted by atomic mass is 9.86. The van der Waals surface area contributed by atoms with Gasteiger partial charge in [-0.3, -0.25) is 4.79 Å². The number of hydrogen-bond donors (Lipinski definition) is 2. The van der Waals surface area contributed by atoms with Crippen LogP contribution >= 0.6 is 11.3 Å². The highest BCUT2D eigenvalue weighted by molar-refractivity contribution is 7.09. The lowest BCUT2D eigenvalue weighted by Gasteiger charge is -2.30. The summed E-state index contributed by atoms with van der Waals surface area (Å²) in [7, 11) is 0. The van der Waals surface area contributed by atoms with E-state index in [2.05, 4.69) is 5.32 Å². The Hall–Kier alpha value is -1.56. The Labute approximate surface area is 129 Å². The van der Waals surface area contributed by atoms with Gasteiger partial charge in [0.1, 0.15) is 0 Å². The van der Waals surface area contributed by atoms with Crippen LogP contribution in [0.25, 0.3) is 0 Å². The summed E-state index contributed by atoms with van der Waals surface area (Å²) in [4.78, 5) is 26.3. The average Bonchev–Trinajstić information content (AvgIpc) is 2.97. The normalized spacial score (nSPS) is 21.8. The Morgan fingerprint density at radius 2 is 2.29 bits per heavy atom. The zero-order chi connectivity index (χ0) is 15.2. The molecule has 0 radical (unpaired) electrons. The zero-order valence-electron chi connectivity index (χ0n) is 12.2. The molecule has 2 N–H and O–H groups in total. The van der Waals surface area contributed by atoms with Gasteiger partial charge in [0.15, 0.2) is 0 Å². The van der Waals surface area contributed by atoms with Gasteiger partial charge in [0.2, 0.25) is 0 Å². The first-order chi connectivity index (χ1) is 10.1. The van der Waals surface area contributed by atoms with Crippen LogP contribution in [0.4, 0.5) is 4.79 Å². The summed E-state index contributed by atoms with van der Waals surface area (Å²) in [6.45, 7) is 3.20. The largest absolute Gasteiger partial charge is 0.481 e.